The van der Waals surface area contributed by atoms with Crippen LogP contribution in [0.2, 0.25) is 0 Å². The predicted molar refractivity (Wildman–Crippen MR) is 61.8 cm³/mol. The molecule has 0 aromatic heterocycles. The van der Waals surface area contributed by atoms with Crippen molar-refractivity contribution in [2.24, 2.45) is 5.73 Å². The van der Waals surface area contributed by atoms with E-state index in [-0.39, 0.29) is 5.56 Å². The SMILES string of the molecule is CCC(C)N.Nc1ccc(C(=O)O)cc1. The Morgan fingerprint density at radius 3 is 2.07 bits per heavy atom. The zero-order valence-corrected chi connectivity index (χ0v) is 9.10. The number of hydrogen-bond donors (Lipinski definition) is 3. The van der Waals surface area contributed by atoms with Gasteiger partial charge in [-0.1, -0.05) is 6.92 Å². The molecule has 0 saturated heterocycles. The summed E-state index contributed by atoms with van der Waals surface area (Å²) >= 11 is 0. The first kappa shape index (κ1) is 13.4. The van der Waals surface area contributed by atoms with Crippen LogP contribution in [-0.4, -0.2) is 17.1 Å². The molecule has 0 fully saturated rings. The van der Waals surface area contributed by atoms with E-state index in [0.717, 1.165) is 6.42 Å². The van der Waals surface area contributed by atoms with Gasteiger partial charge in [0.2, 0.25) is 0 Å². The lowest BCUT2D eigenvalue weighted by atomic mass is 10.2. The summed E-state index contributed by atoms with van der Waals surface area (Å²) in [5.74, 6) is -0.931. The van der Waals surface area contributed by atoms with Gasteiger partial charge in [-0.05, 0) is 37.6 Å². The van der Waals surface area contributed by atoms with Crippen molar-refractivity contribution >= 4 is 11.7 Å². The Bertz CT molecular complexity index is 294. The van der Waals surface area contributed by atoms with Gasteiger partial charge in [-0.3, -0.25) is 0 Å². The minimum atomic E-state index is -0.931. The number of benzene rings is 1. The van der Waals surface area contributed by atoms with E-state index in [1.807, 2.05) is 6.92 Å². The summed E-state index contributed by atoms with van der Waals surface area (Å²) in [5, 5.41) is 8.43. The molecule has 84 valence electrons. The second-order valence-electron chi connectivity index (χ2n) is 3.31. The van der Waals surface area contributed by atoms with Crippen molar-refractivity contribution in [3.05, 3.63) is 29.8 Å². The molecule has 0 amide bonds. The van der Waals surface area contributed by atoms with E-state index in [4.69, 9.17) is 16.6 Å². The zero-order chi connectivity index (χ0) is 11.8. The van der Waals surface area contributed by atoms with Gasteiger partial charge in [-0.25, -0.2) is 4.79 Å². The fourth-order valence-electron chi connectivity index (χ4n) is 0.626. The molecule has 1 unspecified atom stereocenters. The Labute approximate surface area is 89.9 Å². The van der Waals surface area contributed by atoms with Crippen molar-refractivity contribution in [1.29, 1.82) is 0 Å². The van der Waals surface area contributed by atoms with Gasteiger partial charge in [-0.2, -0.15) is 0 Å². The van der Waals surface area contributed by atoms with Crippen LogP contribution in [0.15, 0.2) is 24.3 Å². The van der Waals surface area contributed by atoms with E-state index >= 15 is 0 Å². The number of nitrogens with two attached hydrogens (primary N) is 2. The molecule has 1 atom stereocenters. The van der Waals surface area contributed by atoms with E-state index in [9.17, 15) is 4.79 Å². The lowest BCUT2D eigenvalue weighted by Crippen LogP contribution is -2.11. The molecule has 0 spiro atoms. The molecule has 1 aromatic carbocycles. The largest absolute Gasteiger partial charge is 0.478 e. The molecular formula is C11H18N2O2. The van der Waals surface area contributed by atoms with Crippen LogP contribution >= 0.6 is 0 Å². The van der Waals surface area contributed by atoms with Crippen LogP contribution < -0.4 is 11.5 Å². The molecule has 0 bridgehead atoms. The predicted octanol–water partition coefficient (Wildman–Crippen LogP) is 1.71. The molecule has 4 heteroatoms. The third kappa shape index (κ3) is 6.51. The van der Waals surface area contributed by atoms with Crippen LogP contribution in [0, 0.1) is 0 Å². The monoisotopic (exact) mass is 210 g/mol. The lowest BCUT2D eigenvalue weighted by molar-refractivity contribution is 0.0697. The van der Waals surface area contributed by atoms with Crippen molar-refractivity contribution in [1.82, 2.24) is 0 Å². The normalized spacial score (nSPS) is 11.1. The molecule has 1 aromatic rings. The smallest absolute Gasteiger partial charge is 0.335 e. The molecule has 0 heterocycles. The van der Waals surface area contributed by atoms with Crippen molar-refractivity contribution in [3.8, 4) is 0 Å². The average molecular weight is 210 g/mol. The number of hydrogen-bond acceptors (Lipinski definition) is 3. The maximum absolute atomic E-state index is 10.3. The van der Waals surface area contributed by atoms with Crippen molar-refractivity contribution in [2.45, 2.75) is 26.3 Å². The summed E-state index contributed by atoms with van der Waals surface area (Å²) in [6, 6.07) is 6.44. The van der Waals surface area contributed by atoms with E-state index in [0.29, 0.717) is 11.7 Å². The van der Waals surface area contributed by atoms with Gasteiger partial charge in [0.1, 0.15) is 0 Å². The van der Waals surface area contributed by atoms with Crippen molar-refractivity contribution in [2.75, 3.05) is 5.73 Å². The number of anilines is 1. The highest BCUT2D eigenvalue weighted by Crippen LogP contribution is 2.04. The molecule has 0 aliphatic rings. The number of carboxylic acids is 1. The van der Waals surface area contributed by atoms with Gasteiger partial charge < -0.3 is 16.6 Å². The maximum Gasteiger partial charge on any atom is 0.335 e. The maximum atomic E-state index is 10.3. The highest BCUT2D eigenvalue weighted by molar-refractivity contribution is 5.87. The number of aromatic carboxylic acids is 1. The Morgan fingerprint density at radius 1 is 1.40 bits per heavy atom. The van der Waals surface area contributed by atoms with Gasteiger partial charge in [0.15, 0.2) is 0 Å². The first-order valence-electron chi connectivity index (χ1n) is 4.81. The third-order valence-corrected chi connectivity index (χ3v) is 1.80. The van der Waals surface area contributed by atoms with Crippen LogP contribution in [0.4, 0.5) is 5.69 Å². The topological polar surface area (TPSA) is 89.3 Å². The Balaban J connectivity index is 0.000000336. The molecular weight excluding hydrogens is 192 g/mol. The van der Waals surface area contributed by atoms with Crippen LogP contribution in [0.5, 0.6) is 0 Å². The number of carbonyl (C=O) groups is 1. The van der Waals surface area contributed by atoms with Crippen molar-refractivity contribution in [3.63, 3.8) is 0 Å². The summed E-state index contributed by atoms with van der Waals surface area (Å²) in [5.41, 5.74) is 11.5. The van der Waals surface area contributed by atoms with Gasteiger partial charge in [0, 0.05) is 11.7 Å². The van der Waals surface area contributed by atoms with Gasteiger partial charge in [0.05, 0.1) is 5.56 Å². The van der Waals surface area contributed by atoms with E-state index < -0.39 is 5.97 Å². The molecule has 1 rings (SSSR count). The quantitative estimate of drug-likeness (QED) is 0.648. The molecule has 0 aliphatic heterocycles. The Kier molecular flexibility index (Phi) is 6.13. The van der Waals surface area contributed by atoms with Crippen LogP contribution in [-0.2, 0) is 0 Å². The van der Waals surface area contributed by atoms with E-state index in [2.05, 4.69) is 6.92 Å². The zero-order valence-electron chi connectivity index (χ0n) is 9.10. The standard InChI is InChI=1S/C7H7NO2.C4H11N/c8-6-3-1-5(2-4-6)7(9)10;1-3-4(2)5/h1-4H,8H2,(H,9,10);4H,3,5H2,1-2H3. The first-order valence-corrected chi connectivity index (χ1v) is 4.81. The lowest BCUT2D eigenvalue weighted by Gasteiger charge is -1.93. The average Bonchev–Trinajstić information content (AvgIpc) is 2.19. The van der Waals surface area contributed by atoms with Crippen molar-refractivity contribution < 1.29 is 9.90 Å². The van der Waals surface area contributed by atoms with Crippen LogP contribution in [0.1, 0.15) is 30.6 Å². The van der Waals surface area contributed by atoms with Gasteiger partial charge in [-0.15, -0.1) is 0 Å². The van der Waals surface area contributed by atoms with Gasteiger partial charge >= 0.3 is 5.97 Å². The Hall–Kier alpha value is -1.55. The highest BCUT2D eigenvalue weighted by Gasteiger charge is 1.98. The molecule has 5 N–H and O–H groups in total. The summed E-state index contributed by atoms with van der Waals surface area (Å²) in [7, 11) is 0. The van der Waals surface area contributed by atoms with E-state index in [1.54, 1.807) is 12.1 Å². The first-order chi connectivity index (χ1) is 6.97. The molecule has 0 aliphatic carbocycles. The summed E-state index contributed by atoms with van der Waals surface area (Å²) in [4.78, 5) is 10.3. The number of rotatable bonds is 2. The minimum absolute atomic E-state index is 0.259. The van der Waals surface area contributed by atoms with Gasteiger partial charge in [0.25, 0.3) is 0 Å². The minimum Gasteiger partial charge on any atom is -0.478 e. The van der Waals surface area contributed by atoms with E-state index in [1.165, 1.54) is 12.1 Å². The fraction of sp³-hybridized carbons (Fsp3) is 0.364. The second kappa shape index (κ2) is 6.84. The fourth-order valence-corrected chi connectivity index (χ4v) is 0.626. The highest BCUT2D eigenvalue weighted by atomic mass is 16.4. The summed E-state index contributed by atoms with van der Waals surface area (Å²) in [6.45, 7) is 4.07. The second-order valence-corrected chi connectivity index (χ2v) is 3.31. The number of nitrogen functional groups attached to an aromatic ring is 1. The Morgan fingerprint density at radius 2 is 1.80 bits per heavy atom. The molecule has 0 radical (unpaired) electrons. The number of carboxylic acid groups (broad SMARTS) is 1. The van der Waals surface area contributed by atoms with Crippen LogP contribution in [0.3, 0.4) is 0 Å². The summed E-state index contributed by atoms with van der Waals surface area (Å²) in [6.07, 6.45) is 1.08. The molecule has 0 saturated carbocycles. The third-order valence-electron chi connectivity index (χ3n) is 1.80. The summed E-state index contributed by atoms with van der Waals surface area (Å²) < 4.78 is 0. The molecule has 15 heavy (non-hydrogen) atoms. The van der Waals surface area contributed by atoms with Crippen LogP contribution in [0.25, 0.3) is 0 Å². The molecule has 4 nitrogen and oxygen atoms in total.